The Morgan fingerprint density at radius 3 is 2.87 bits per heavy atom. The lowest BCUT2D eigenvalue weighted by Crippen LogP contribution is -2.22. The summed E-state index contributed by atoms with van der Waals surface area (Å²) in [6, 6.07) is 5.15. The van der Waals surface area contributed by atoms with Crippen molar-refractivity contribution in [2.24, 2.45) is 5.73 Å². The van der Waals surface area contributed by atoms with Crippen LogP contribution in [0.4, 0.5) is 5.69 Å². The van der Waals surface area contributed by atoms with Gasteiger partial charge in [-0.1, -0.05) is 11.2 Å². The Morgan fingerprint density at radius 2 is 2.22 bits per heavy atom. The average Bonchev–Trinajstić information content (AvgIpc) is 3.14. The van der Waals surface area contributed by atoms with Gasteiger partial charge in [0.2, 0.25) is 15.9 Å². The Kier molecular flexibility index (Phi) is 5.25. The van der Waals surface area contributed by atoms with Gasteiger partial charge in [0.05, 0.1) is 18.0 Å². The van der Waals surface area contributed by atoms with Crippen LogP contribution in [-0.4, -0.2) is 32.2 Å². The van der Waals surface area contributed by atoms with E-state index < -0.39 is 10.0 Å². The van der Waals surface area contributed by atoms with Gasteiger partial charge in [0, 0.05) is 12.2 Å². The number of nitrogens with one attached hydrogen (secondary N) is 1. The van der Waals surface area contributed by atoms with Gasteiger partial charge in [-0.15, -0.1) is 12.4 Å². The van der Waals surface area contributed by atoms with Crippen molar-refractivity contribution in [3.63, 3.8) is 0 Å². The molecule has 0 unspecified atom stereocenters. The molecule has 1 aliphatic heterocycles. The molecule has 23 heavy (non-hydrogen) atoms. The highest BCUT2D eigenvalue weighted by molar-refractivity contribution is 7.89. The number of sulfonamides is 1. The zero-order valence-electron chi connectivity index (χ0n) is 12.5. The average molecular weight is 360 g/mol. The van der Waals surface area contributed by atoms with Crippen molar-refractivity contribution < 1.29 is 12.9 Å². The molecule has 0 saturated heterocycles. The third-order valence-corrected chi connectivity index (χ3v) is 5.06. The molecule has 2 aromatic rings. The fourth-order valence-corrected chi connectivity index (χ4v) is 3.23. The van der Waals surface area contributed by atoms with Crippen molar-refractivity contribution in [2.75, 3.05) is 18.5 Å². The molecule has 0 spiro atoms. The van der Waals surface area contributed by atoms with Crippen LogP contribution >= 0.6 is 12.4 Å². The SMILES string of the molecule is CNS(=O)(=O)c1ccc2c(c1)N(Cc1noc(CN)n1)CC2.Cl. The number of aromatic nitrogens is 2. The van der Waals surface area contributed by atoms with Crippen molar-refractivity contribution in [1.82, 2.24) is 14.9 Å². The van der Waals surface area contributed by atoms with Crippen LogP contribution in [0, 0.1) is 0 Å². The first-order valence-corrected chi connectivity index (χ1v) is 8.35. The summed E-state index contributed by atoms with van der Waals surface area (Å²) in [5.74, 6) is 0.927. The van der Waals surface area contributed by atoms with Crippen LogP contribution in [0.1, 0.15) is 17.3 Å². The Balaban J connectivity index is 0.00000192. The van der Waals surface area contributed by atoms with Gasteiger partial charge < -0.3 is 15.2 Å². The minimum absolute atomic E-state index is 0. The third-order valence-electron chi connectivity index (χ3n) is 3.64. The molecule has 0 amide bonds. The maximum Gasteiger partial charge on any atom is 0.240 e. The third kappa shape index (κ3) is 3.47. The van der Waals surface area contributed by atoms with Crippen LogP contribution in [0.5, 0.6) is 0 Å². The number of fused-ring (bicyclic) bond motifs is 1. The second kappa shape index (κ2) is 6.83. The molecule has 8 nitrogen and oxygen atoms in total. The van der Waals surface area contributed by atoms with Crippen molar-refractivity contribution in [3.8, 4) is 0 Å². The minimum atomic E-state index is -3.46. The number of hydrogen-bond acceptors (Lipinski definition) is 7. The van der Waals surface area contributed by atoms with Gasteiger partial charge in [-0.05, 0) is 31.2 Å². The van der Waals surface area contributed by atoms with E-state index >= 15 is 0 Å². The minimum Gasteiger partial charge on any atom is -0.363 e. The molecule has 0 atom stereocenters. The van der Waals surface area contributed by atoms with Gasteiger partial charge in [-0.25, -0.2) is 13.1 Å². The molecule has 0 bridgehead atoms. The van der Waals surface area contributed by atoms with Crippen LogP contribution < -0.4 is 15.4 Å². The largest absolute Gasteiger partial charge is 0.363 e. The van der Waals surface area contributed by atoms with Crippen LogP contribution in [0.3, 0.4) is 0 Å². The number of hydrogen-bond donors (Lipinski definition) is 2. The predicted octanol–water partition coefficient (Wildman–Crippen LogP) is 0.421. The van der Waals surface area contributed by atoms with E-state index in [-0.39, 0.29) is 23.8 Å². The highest BCUT2D eigenvalue weighted by Crippen LogP contribution is 2.31. The second-order valence-corrected chi connectivity index (χ2v) is 6.86. The fourth-order valence-electron chi connectivity index (χ4n) is 2.48. The number of halogens is 1. The summed E-state index contributed by atoms with van der Waals surface area (Å²) in [6.45, 7) is 1.44. The molecule has 126 valence electrons. The van der Waals surface area contributed by atoms with E-state index in [1.165, 1.54) is 7.05 Å². The first-order chi connectivity index (χ1) is 10.5. The number of benzene rings is 1. The number of anilines is 1. The fraction of sp³-hybridized carbons (Fsp3) is 0.385. The van der Waals surface area contributed by atoms with Gasteiger partial charge in [-0.3, -0.25) is 0 Å². The number of nitrogens with two attached hydrogens (primary N) is 1. The molecule has 1 aliphatic rings. The number of nitrogens with zero attached hydrogens (tertiary/aromatic N) is 3. The van der Waals surface area contributed by atoms with E-state index in [9.17, 15) is 8.42 Å². The van der Waals surface area contributed by atoms with Crippen molar-refractivity contribution in [2.45, 2.75) is 24.4 Å². The lowest BCUT2D eigenvalue weighted by molar-refractivity contribution is 0.374. The van der Waals surface area contributed by atoms with Gasteiger partial charge in [0.1, 0.15) is 0 Å². The Hall–Kier alpha value is -1.68. The standard InChI is InChI=1S/C13H17N5O3S.ClH/c1-15-22(19,20)10-3-2-9-4-5-18(11(9)6-10)8-12-16-13(7-14)21-17-12;/h2-3,6,15H,4-5,7-8,14H2,1H3;1H. The molecule has 1 aromatic carbocycles. The monoisotopic (exact) mass is 359 g/mol. The molecule has 0 aliphatic carbocycles. The summed E-state index contributed by atoms with van der Waals surface area (Å²) >= 11 is 0. The Bertz CT molecular complexity index is 793. The molecule has 0 radical (unpaired) electrons. The van der Waals surface area contributed by atoms with E-state index in [1.54, 1.807) is 12.1 Å². The van der Waals surface area contributed by atoms with Crippen LogP contribution in [0.25, 0.3) is 0 Å². The first-order valence-electron chi connectivity index (χ1n) is 6.86. The highest BCUT2D eigenvalue weighted by atomic mass is 35.5. The van der Waals surface area contributed by atoms with Crippen molar-refractivity contribution in [3.05, 3.63) is 35.5 Å². The quantitative estimate of drug-likeness (QED) is 0.795. The van der Waals surface area contributed by atoms with Crippen molar-refractivity contribution >= 4 is 28.1 Å². The molecule has 10 heteroatoms. The lowest BCUT2D eigenvalue weighted by atomic mass is 10.2. The topological polar surface area (TPSA) is 114 Å². The molecular formula is C13H18ClN5O3S. The molecule has 0 saturated carbocycles. The van der Waals surface area contributed by atoms with Crippen LogP contribution in [0.15, 0.2) is 27.6 Å². The predicted molar refractivity (Wildman–Crippen MR) is 86.9 cm³/mol. The summed E-state index contributed by atoms with van der Waals surface area (Å²) in [5.41, 5.74) is 7.44. The van der Waals surface area contributed by atoms with E-state index in [0.29, 0.717) is 18.3 Å². The molecule has 0 fully saturated rings. The van der Waals surface area contributed by atoms with Crippen LogP contribution in [-0.2, 0) is 29.5 Å². The smallest absolute Gasteiger partial charge is 0.240 e. The summed E-state index contributed by atoms with van der Waals surface area (Å²) in [6.07, 6.45) is 0.858. The normalized spacial score (nSPS) is 13.7. The number of rotatable bonds is 5. The molecule has 3 N–H and O–H groups in total. The summed E-state index contributed by atoms with van der Waals surface area (Å²) in [5, 5.41) is 3.87. The highest BCUT2D eigenvalue weighted by Gasteiger charge is 2.23. The van der Waals surface area contributed by atoms with Gasteiger partial charge >= 0.3 is 0 Å². The first kappa shape index (κ1) is 17.7. The maximum atomic E-state index is 11.9. The molecule has 1 aromatic heterocycles. The van der Waals surface area contributed by atoms with E-state index in [1.807, 2.05) is 11.0 Å². The zero-order chi connectivity index (χ0) is 15.7. The van der Waals surface area contributed by atoms with E-state index in [4.69, 9.17) is 10.3 Å². The summed E-state index contributed by atoms with van der Waals surface area (Å²) < 4.78 is 31.2. The molecule has 2 heterocycles. The van der Waals surface area contributed by atoms with Crippen molar-refractivity contribution in [1.29, 1.82) is 0 Å². The maximum absolute atomic E-state index is 11.9. The Morgan fingerprint density at radius 1 is 1.43 bits per heavy atom. The van der Waals surface area contributed by atoms with E-state index in [2.05, 4.69) is 14.9 Å². The summed E-state index contributed by atoms with van der Waals surface area (Å²) in [7, 11) is -2.06. The zero-order valence-corrected chi connectivity index (χ0v) is 14.2. The second-order valence-electron chi connectivity index (χ2n) is 4.98. The van der Waals surface area contributed by atoms with Crippen LogP contribution in [0.2, 0.25) is 0 Å². The lowest BCUT2D eigenvalue weighted by Gasteiger charge is -2.17. The van der Waals surface area contributed by atoms with Gasteiger partial charge in [0.25, 0.3) is 0 Å². The molecular weight excluding hydrogens is 342 g/mol. The van der Waals surface area contributed by atoms with Gasteiger partial charge in [0.15, 0.2) is 5.82 Å². The molecule has 3 rings (SSSR count). The summed E-state index contributed by atoms with van der Waals surface area (Å²) in [4.78, 5) is 6.46. The Labute approximate surface area is 140 Å². The van der Waals surface area contributed by atoms with Gasteiger partial charge in [-0.2, -0.15) is 4.98 Å². The van der Waals surface area contributed by atoms with E-state index in [0.717, 1.165) is 24.2 Å².